The average molecular weight is 898 g/mol. The smallest absolute Gasteiger partial charge is 0.463 e. The minimum atomic E-state index is -4.71. The molecule has 0 aromatic rings. The Kier molecular flexibility index (Phi) is 14.3. The van der Waals surface area contributed by atoms with Crippen LogP contribution in [0.4, 0.5) is 9.59 Å². The minimum absolute atomic E-state index is 0.0349. The summed E-state index contributed by atoms with van der Waals surface area (Å²) in [5, 5.41) is 23.3. The second kappa shape index (κ2) is 18.6. The Morgan fingerprint density at radius 3 is 2.03 bits per heavy atom. The van der Waals surface area contributed by atoms with Crippen LogP contribution in [0, 0.1) is 33.5 Å². The number of amides is 6. The van der Waals surface area contributed by atoms with Gasteiger partial charge in [-0.1, -0.05) is 0 Å². The highest BCUT2D eigenvalue weighted by Crippen LogP contribution is 2.65. The molecule has 12 atom stereocenters. The van der Waals surface area contributed by atoms with Gasteiger partial charge in [0.25, 0.3) is 8.53 Å². The predicted molar refractivity (Wildman–Crippen MR) is 207 cm³/mol. The van der Waals surface area contributed by atoms with E-state index in [2.05, 4.69) is 16.7 Å². The summed E-state index contributed by atoms with van der Waals surface area (Å²) in [4.78, 5) is 82.7. The maximum absolute atomic E-state index is 14.6. The fraction of sp³-hybridized carbons (Fsp3) is 0.784. The number of nitrogens with one attached hydrogen (secondary N) is 2. The van der Waals surface area contributed by atoms with Crippen molar-refractivity contribution in [1.82, 2.24) is 25.1 Å². The third-order valence-corrected chi connectivity index (χ3v) is 15.7. The first-order chi connectivity index (χ1) is 28.8. The summed E-state index contributed by atoms with van der Waals surface area (Å²) in [7, 11) is -6.62. The number of hydrogen-bond acceptors (Lipinski definition) is 18. The second-order valence-corrected chi connectivity index (χ2v) is 19.6. The molecule has 61 heavy (non-hydrogen) atoms. The topological polar surface area (TPSA) is 275 Å². The number of rotatable bonds is 16. The highest BCUT2D eigenvalue weighted by Gasteiger charge is 2.82. The molecular formula is C37H53N7O15P2. The van der Waals surface area contributed by atoms with Crippen LogP contribution in [0.2, 0.25) is 0 Å². The Bertz CT molecular complexity index is 1890. The number of nitriles is 2. The molecule has 6 fully saturated rings. The number of fused-ring (bicyclic) bond motifs is 7. The van der Waals surface area contributed by atoms with Gasteiger partial charge in [-0.3, -0.25) is 48.4 Å². The average Bonchev–Trinajstić information content (AvgIpc) is 3.77. The van der Waals surface area contributed by atoms with Crippen LogP contribution in [0.25, 0.3) is 0 Å². The Balaban J connectivity index is 1.44. The number of hydrogen-bond donors (Lipinski definition) is 2. The van der Waals surface area contributed by atoms with Gasteiger partial charge in [0.1, 0.15) is 43.2 Å². The number of esters is 1. The molecule has 0 spiro atoms. The molecule has 0 aromatic heterocycles. The Morgan fingerprint density at radius 1 is 0.902 bits per heavy atom. The molecule has 6 aliphatic rings. The van der Waals surface area contributed by atoms with Gasteiger partial charge in [-0.25, -0.2) is 18.8 Å². The molecule has 6 amide bonds. The molecule has 2 N–H and O–H groups in total. The van der Waals surface area contributed by atoms with Gasteiger partial charge in [0, 0.05) is 31.3 Å². The van der Waals surface area contributed by atoms with Gasteiger partial charge in [-0.2, -0.15) is 10.5 Å². The normalized spacial score (nSPS) is 36.1. The molecule has 0 radical (unpaired) electrons. The first kappa shape index (κ1) is 46.8. The van der Waals surface area contributed by atoms with E-state index in [4.69, 9.17) is 36.8 Å². The van der Waals surface area contributed by atoms with Gasteiger partial charge in [0.05, 0.1) is 80.2 Å². The Hall–Kier alpha value is -3.66. The zero-order chi connectivity index (χ0) is 44.6. The van der Waals surface area contributed by atoms with Crippen LogP contribution >= 0.6 is 16.3 Å². The number of carbonyl (C=O) groups excluding carboxylic acids is 6. The molecule has 5 saturated heterocycles. The van der Waals surface area contributed by atoms with Crippen molar-refractivity contribution in [2.24, 2.45) is 10.8 Å². The van der Waals surface area contributed by atoms with Crippen LogP contribution in [0.15, 0.2) is 0 Å². The van der Waals surface area contributed by atoms with E-state index in [0.717, 1.165) is 0 Å². The first-order valence-corrected chi connectivity index (χ1v) is 22.8. The maximum atomic E-state index is 14.6. The molecule has 10 unspecified atom stereocenters. The number of urea groups is 2. The predicted octanol–water partition coefficient (Wildman–Crippen LogP) is 3.11. The molecule has 24 heteroatoms. The summed E-state index contributed by atoms with van der Waals surface area (Å²) in [6, 6.07) is -0.380. The van der Waals surface area contributed by atoms with E-state index in [1.54, 1.807) is 0 Å². The number of imide groups is 2. The van der Waals surface area contributed by atoms with Crippen molar-refractivity contribution in [3.63, 3.8) is 0 Å². The van der Waals surface area contributed by atoms with E-state index in [-0.39, 0.29) is 63.0 Å². The number of nitrogens with zero attached hydrogens (tertiary/aromatic N) is 5. The van der Waals surface area contributed by atoms with E-state index in [1.165, 1.54) is 30.6 Å². The summed E-state index contributed by atoms with van der Waals surface area (Å²) in [6.07, 6.45) is -7.85. The van der Waals surface area contributed by atoms with Gasteiger partial charge in [0.2, 0.25) is 11.8 Å². The lowest BCUT2D eigenvalue weighted by Crippen LogP contribution is -2.92. The molecular weight excluding hydrogens is 844 g/mol. The SMILES string of the molecule is CC(=O)CCC(=O)OCC1OC2CC1OP(=O)(OCCC#N)OCC1OC(CC1OP(OCCC#N)N(C(C)C)C(C)C)N1C(=O)NC(=O)[C@]3(C)C1C1N2C(=O)NC(=O)[C@@]13C. The lowest BCUT2D eigenvalue weighted by atomic mass is 9.42. The summed E-state index contributed by atoms with van der Waals surface area (Å²) in [6.45, 7) is 10.8. The third-order valence-electron chi connectivity index (χ3n) is 12.1. The lowest BCUT2D eigenvalue weighted by molar-refractivity contribution is -0.242. The van der Waals surface area contributed by atoms with E-state index in [1.807, 2.05) is 38.4 Å². The van der Waals surface area contributed by atoms with Gasteiger partial charge in [-0.15, -0.1) is 0 Å². The van der Waals surface area contributed by atoms with Crippen molar-refractivity contribution in [3.05, 3.63) is 0 Å². The highest BCUT2D eigenvalue weighted by molar-refractivity contribution is 7.48. The van der Waals surface area contributed by atoms with Gasteiger partial charge in [-0.05, 0) is 48.5 Å². The largest absolute Gasteiger partial charge is 0.475 e. The van der Waals surface area contributed by atoms with E-state index < -0.39 is 126 Å². The van der Waals surface area contributed by atoms with Crippen LogP contribution < -0.4 is 10.6 Å². The van der Waals surface area contributed by atoms with Crippen molar-refractivity contribution >= 4 is 52.0 Å². The summed E-state index contributed by atoms with van der Waals surface area (Å²) in [5.41, 5.74) is -3.27. The molecule has 0 aromatic carbocycles. The minimum Gasteiger partial charge on any atom is -0.463 e. The van der Waals surface area contributed by atoms with Crippen LogP contribution in [-0.2, 0) is 60.6 Å². The zero-order valence-electron chi connectivity index (χ0n) is 35.1. The molecule has 5 heterocycles. The van der Waals surface area contributed by atoms with Crippen molar-refractivity contribution in [1.29, 1.82) is 10.5 Å². The monoisotopic (exact) mass is 897 g/mol. The quantitative estimate of drug-likeness (QED) is 0.128. The highest BCUT2D eigenvalue weighted by atomic mass is 31.2. The molecule has 1 aliphatic carbocycles. The van der Waals surface area contributed by atoms with Crippen molar-refractivity contribution < 1.29 is 70.2 Å². The fourth-order valence-corrected chi connectivity index (χ4v) is 12.2. The lowest BCUT2D eigenvalue weighted by Gasteiger charge is -2.72. The second-order valence-electron chi connectivity index (χ2n) is 16.6. The number of Topliss-reactive ketones (excluding diaryl/α,β-unsaturated/α-hetero) is 1. The van der Waals surface area contributed by atoms with E-state index >= 15 is 0 Å². The number of phosphoric acid groups is 1. The number of ether oxygens (including phenoxy) is 3. The molecule has 22 nitrogen and oxygen atoms in total. The van der Waals surface area contributed by atoms with Gasteiger partial charge >= 0.3 is 25.9 Å². The summed E-state index contributed by atoms with van der Waals surface area (Å²) in [5.74, 6) is -2.49. The van der Waals surface area contributed by atoms with Crippen LogP contribution in [-0.4, -0.2) is 138 Å². The third kappa shape index (κ3) is 8.82. The van der Waals surface area contributed by atoms with E-state index in [0.29, 0.717) is 0 Å². The maximum Gasteiger partial charge on any atom is 0.475 e. The van der Waals surface area contributed by atoms with Crippen LogP contribution in [0.3, 0.4) is 0 Å². The van der Waals surface area contributed by atoms with Crippen LogP contribution in [0.1, 0.15) is 87.0 Å². The summed E-state index contributed by atoms with van der Waals surface area (Å²) >= 11 is 0. The summed E-state index contributed by atoms with van der Waals surface area (Å²) < 4.78 is 65.5. The first-order valence-electron chi connectivity index (χ1n) is 20.2. The molecule has 5 aliphatic heterocycles. The zero-order valence-corrected chi connectivity index (χ0v) is 36.9. The van der Waals surface area contributed by atoms with Gasteiger partial charge in [0.15, 0.2) is 0 Å². The standard InChI is InChI=1S/C37H53N7O15P2/c1-20(2)44(21(3)4)60(53-14-8-12-38)58-23-16-27-42-30-31-37(7,36(30,6)32(47)40-34(42)49)33(48)41-35(50)43(31)28-17-24(25(56-28)18-52-29(46)11-10-22(5)45)59-61(51,54-15-9-13-39)55-19-26(23)57-27/h20-21,23-28,30-31H,8-11,14-19H2,1-7H3,(H,40,47,49)(H,41,48,50)/t23?,24?,25?,26?,27?,28?,30?,31?,36-,37+,60?,61?/m0/s1. The van der Waals surface area contributed by atoms with Crippen LogP contribution in [0.5, 0.6) is 0 Å². The number of carbonyl (C=O) groups is 6. The molecule has 1 saturated carbocycles. The Labute approximate surface area is 354 Å². The fourth-order valence-electron chi connectivity index (χ4n) is 9.04. The van der Waals surface area contributed by atoms with Crippen molar-refractivity contribution in [3.8, 4) is 12.1 Å². The van der Waals surface area contributed by atoms with E-state index in [9.17, 15) is 43.9 Å². The van der Waals surface area contributed by atoms with Crippen molar-refractivity contribution in [2.45, 2.75) is 148 Å². The number of phosphoric ester groups is 1. The van der Waals surface area contributed by atoms with Gasteiger partial charge < -0.3 is 28.1 Å². The molecule has 4 bridgehead atoms. The van der Waals surface area contributed by atoms with Crippen molar-refractivity contribution in [2.75, 3.05) is 26.4 Å². The molecule has 336 valence electrons. The Morgan fingerprint density at radius 2 is 1.48 bits per heavy atom. The number of ketones is 1. The molecule has 6 rings (SSSR count).